The minimum absolute atomic E-state index is 0.0384. The van der Waals surface area contributed by atoms with Crippen LogP contribution in [0.25, 0.3) is 10.9 Å². The van der Waals surface area contributed by atoms with Crippen molar-refractivity contribution in [1.82, 2.24) is 10.4 Å². The maximum Gasteiger partial charge on any atom is 0.240 e. The van der Waals surface area contributed by atoms with Crippen molar-refractivity contribution in [3.05, 3.63) is 64.8 Å². The van der Waals surface area contributed by atoms with Crippen LogP contribution in [-0.4, -0.2) is 23.0 Å². The van der Waals surface area contributed by atoms with Gasteiger partial charge in [0.05, 0.1) is 6.21 Å². The Labute approximate surface area is 161 Å². The van der Waals surface area contributed by atoms with Gasteiger partial charge in [-0.2, -0.15) is 5.10 Å². The number of aromatic nitrogens is 1. The third-order valence-electron chi connectivity index (χ3n) is 4.14. The Kier molecular flexibility index (Phi) is 5.88. The van der Waals surface area contributed by atoms with Crippen LogP contribution >= 0.6 is 11.6 Å². The normalized spacial score (nSPS) is 11.0. The maximum absolute atomic E-state index is 12.0. The number of rotatable bonds is 6. The number of aromatic amines is 1. The number of amides is 2. The Balaban J connectivity index is 1.48. The van der Waals surface area contributed by atoms with Crippen molar-refractivity contribution in [2.24, 2.45) is 5.10 Å². The summed E-state index contributed by atoms with van der Waals surface area (Å²) in [4.78, 5) is 27.0. The third kappa shape index (κ3) is 4.74. The molecule has 2 aromatic carbocycles. The van der Waals surface area contributed by atoms with Gasteiger partial charge >= 0.3 is 0 Å². The quantitative estimate of drug-likeness (QED) is 0.444. The molecule has 6 nitrogen and oxygen atoms in total. The molecule has 0 aliphatic heterocycles. The summed E-state index contributed by atoms with van der Waals surface area (Å²) in [6.07, 6.45) is 3.49. The van der Waals surface area contributed by atoms with Crippen molar-refractivity contribution in [2.75, 3.05) is 5.32 Å². The zero-order valence-electron chi connectivity index (χ0n) is 14.8. The summed E-state index contributed by atoms with van der Waals surface area (Å²) in [6, 6.07) is 13.1. The van der Waals surface area contributed by atoms with Crippen LogP contribution in [0.4, 0.5) is 5.69 Å². The van der Waals surface area contributed by atoms with E-state index in [-0.39, 0.29) is 24.7 Å². The van der Waals surface area contributed by atoms with Gasteiger partial charge in [0, 0.05) is 46.2 Å². The monoisotopic (exact) mass is 382 g/mol. The molecule has 3 aromatic rings. The molecule has 3 rings (SSSR count). The first-order valence-electron chi connectivity index (χ1n) is 8.47. The maximum atomic E-state index is 12.0. The molecular weight excluding hydrogens is 364 g/mol. The standard InChI is InChI=1S/C20H19ClN4O2/c1-13-16(21)6-4-8-17(13)24-19(26)9-10-20(27)25-23-12-14-11-22-18-7-3-2-5-15(14)18/h2-8,11-12,22H,9-10H2,1H3,(H,24,26)(H,25,27). The van der Waals surface area contributed by atoms with E-state index in [0.29, 0.717) is 10.7 Å². The highest BCUT2D eigenvalue weighted by molar-refractivity contribution is 6.31. The fraction of sp³-hybridized carbons (Fsp3) is 0.150. The Morgan fingerprint density at radius 3 is 2.74 bits per heavy atom. The summed E-state index contributed by atoms with van der Waals surface area (Å²) >= 11 is 6.03. The zero-order valence-corrected chi connectivity index (χ0v) is 15.5. The average Bonchev–Trinajstić information content (AvgIpc) is 3.07. The fourth-order valence-corrected chi connectivity index (χ4v) is 2.79. The number of hydrazone groups is 1. The van der Waals surface area contributed by atoms with Crippen LogP contribution in [0.15, 0.2) is 53.8 Å². The summed E-state index contributed by atoms with van der Waals surface area (Å²) < 4.78 is 0. The van der Waals surface area contributed by atoms with Gasteiger partial charge in [-0.25, -0.2) is 5.43 Å². The lowest BCUT2D eigenvalue weighted by Gasteiger charge is -2.09. The number of nitrogens with one attached hydrogen (secondary N) is 3. The molecule has 0 aliphatic rings. The molecule has 1 aromatic heterocycles. The van der Waals surface area contributed by atoms with Crippen LogP contribution < -0.4 is 10.7 Å². The van der Waals surface area contributed by atoms with Gasteiger partial charge in [-0.15, -0.1) is 0 Å². The molecule has 0 atom stereocenters. The molecule has 0 saturated carbocycles. The van der Waals surface area contributed by atoms with Crippen molar-refractivity contribution < 1.29 is 9.59 Å². The van der Waals surface area contributed by atoms with E-state index < -0.39 is 0 Å². The summed E-state index contributed by atoms with van der Waals surface area (Å²) in [5.41, 5.74) is 5.75. The number of nitrogens with zero attached hydrogens (tertiary/aromatic N) is 1. The van der Waals surface area contributed by atoms with Gasteiger partial charge < -0.3 is 10.3 Å². The molecule has 1 heterocycles. The second-order valence-electron chi connectivity index (χ2n) is 6.04. The Morgan fingerprint density at radius 2 is 1.89 bits per heavy atom. The first-order valence-corrected chi connectivity index (χ1v) is 8.85. The molecule has 0 saturated heterocycles. The van der Waals surface area contributed by atoms with Crippen LogP contribution in [0, 0.1) is 6.92 Å². The van der Waals surface area contributed by atoms with Crippen molar-refractivity contribution in [3.8, 4) is 0 Å². The summed E-state index contributed by atoms with van der Waals surface area (Å²) in [5, 5.41) is 8.32. The largest absolute Gasteiger partial charge is 0.361 e. The molecule has 0 bridgehead atoms. The number of hydrogen-bond donors (Lipinski definition) is 3. The lowest BCUT2D eigenvalue weighted by Crippen LogP contribution is -2.20. The summed E-state index contributed by atoms with van der Waals surface area (Å²) in [5.74, 6) is -0.583. The molecule has 3 N–H and O–H groups in total. The third-order valence-corrected chi connectivity index (χ3v) is 4.54. The number of hydrogen-bond acceptors (Lipinski definition) is 3. The number of carbonyl (C=O) groups excluding carboxylic acids is 2. The lowest BCUT2D eigenvalue weighted by atomic mass is 10.2. The highest BCUT2D eigenvalue weighted by Gasteiger charge is 2.09. The van der Waals surface area contributed by atoms with E-state index in [0.717, 1.165) is 22.0 Å². The van der Waals surface area contributed by atoms with Gasteiger partial charge in [0.15, 0.2) is 0 Å². The van der Waals surface area contributed by atoms with Crippen molar-refractivity contribution >= 4 is 46.2 Å². The first-order chi connectivity index (χ1) is 13.0. The molecule has 27 heavy (non-hydrogen) atoms. The van der Waals surface area contributed by atoms with Crippen LogP contribution in [0.1, 0.15) is 24.0 Å². The molecular formula is C20H19ClN4O2. The molecule has 7 heteroatoms. The highest BCUT2D eigenvalue weighted by Crippen LogP contribution is 2.23. The predicted octanol–water partition coefficient (Wildman–Crippen LogP) is 4.00. The minimum atomic E-state index is -0.330. The Morgan fingerprint density at radius 1 is 1.11 bits per heavy atom. The van der Waals surface area contributed by atoms with Gasteiger partial charge in [0.25, 0.3) is 0 Å². The van der Waals surface area contributed by atoms with Gasteiger partial charge in [0.1, 0.15) is 0 Å². The minimum Gasteiger partial charge on any atom is -0.361 e. The Bertz CT molecular complexity index is 1010. The van der Waals surface area contributed by atoms with E-state index in [4.69, 9.17) is 11.6 Å². The average molecular weight is 383 g/mol. The van der Waals surface area contributed by atoms with Crippen LogP contribution in [0.3, 0.4) is 0 Å². The summed E-state index contributed by atoms with van der Waals surface area (Å²) in [6.45, 7) is 1.82. The number of anilines is 1. The van der Waals surface area contributed by atoms with E-state index in [2.05, 4.69) is 20.8 Å². The number of halogens is 1. The van der Waals surface area contributed by atoms with Crippen LogP contribution in [-0.2, 0) is 9.59 Å². The van der Waals surface area contributed by atoms with E-state index >= 15 is 0 Å². The molecule has 138 valence electrons. The molecule has 0 unspecified atom stereocenters. The van der Waals surface area contributed by atoms with Crippen LogP contribution in [0.5, 0.6) is 0 Å². The van der Waals surface area contributed by atoms with Gasteiger partial charge in [0.2, 0.25) is 11.8 Å². The number of H-pyrrole nitrogens is 1. The van der Waals surface area contributed by atoms with Gasteiger partial charge in [-0.1, -0.05) is 35.9 Å². The van der Waals surface area contributed by atoms with Crippen molar-refractivity contribution in [2.45, 2.75) is 19.8 Å². The van der Waals surface area contributed by atoms with Crippen molar-refractivity contribution in [1.29, 1.82) is 0 Å². The first kappa shape index (κ1) is 18.7. The zero-order chi connectivity index (χ0) is 19.2. The fourth-order valence-electron chi connectivity index (χ4n) is 2.61. The Hall–Kier alpha value is -3.12. The predicted molar refractivity (Wildman–Crippen MR) is 108 cm³/mol. The molecule has 0 spiro atoms. The van der Waals surface area contributed by atoms with E-state index in [1.807, 2.05) is 37.4 Å². The van der Waals surface area contributed by atoms with E-state index in [1.165, 1.54) is 0 Å². The van der Waals surface area contributed by atoms with E-state index in [1.54, 1.807) is 24.4 Å². The number of benzene rings is 2. The number of fused-ring (bicyclic) bond motifs is 1. The van der Waals surface area contributed by atoms with Gasteiger partial charge in [-0.05, 0) is 30.7 Å². The highest BCUT2D eigenvalue weighted by atomic mass is 35.5. The second kappa shape index (κ2) is 8.51. The molecule has 2 amide bonds. The van der Waals surface area contributed by atoms with E-state index in [9.17, 15) is 9.59 Å². The smallest absolute Gasteiger partial charge is 0.240 e. The van der Waals surface area contributed by atoms with Gasteiger partial charge in [-0.3, -0.25) is 9.59 Å². The lowest BCUT2D eigenvalue weighted by molar-refractivity contribution is -0.124. The van der Waals surface area contributed by atoms with Crippen LogP contribution in [0.2, 0.25) is 5.02 Å². The number of para-hydroxylation sites is 1. The topological polar surface area (TPSA) is 86.3 Å². The van der Waals surface area contributed by atoms with Crippen molar-refractivity contribution in [3.63, 3.8) is 0 Å². The number of carbonyl (C=O) groups is 2. The molecule has 0 radical (unpaired) electrons. The molecule has 0 fully saturated rings. The summed E-state index contributed by atoms with van der Waals surface area (Å²) in [7, 11) is 0. The molecule has 0 aliphatic carbocycles. The second-order valence-corrected chi connectivity index (χ2v) is 6.45. The SMILES string of the molecule is Cc1c(Cl)cccc1NC(=O)CCC(=O)NN=Cc1c[nH]c2ccccc12.